The maximum absolute atomic E-state index is 12.1. The Labute approximate surface area is 108 Å². The van der Waals surface area contributed by atoms with Gasteiger partial charge in [0.1, 0.15) is 5.15 Å². The Morgan fingerprint density at radius 3 is 2.94 bits per heavy atom. The van der Waals surface area contributed by atoms with Crippen LogP contribution in [0.2, 0.25) is 5.15 Å². The first-order valence-electron chi connectivity index (χ1n) is 4.92. The molecule has 0 saturated carbocycles. The van der Waals surface area contributed by atoms with E-state index in [1.54, 1.807) is 25.2 Å². The van der Waals surface area contributed by atoms with Gasteiger partial charge in [-0.2, -0.15) is 5.10 Å². The Bertz CT molecular complexity index is 522. The number of hydrogen-bond donors (Lipinski definition) is 0. The number of amides is 1. The van der Waals surface area contributed by atoms with Crippen molar-refractivity contribution in [2.24, 2.45) is 7.05 Å². The maximum atomic E-state index is 12.1. The van der Waals surface area contributed by atoms with Gasteiger partial charge in [-0.15, -0.1) is 0 Å². The quantitative estimate of drug-likeness (QED) is 0.855. The monoisotopic (exact) mass is 270 g/mol. The summed E-state index contributed by atoms with van der Waals surface area (Å²) in [5.41, 5.74) is 0.418. The third-order valence-corrected chi connectivity index (χ3v) is 3.50. The van der Waals surface area contributed by atoms with Gasteiger partial charge in [0, 0.05) is 25.2 Å². The first-order valence-corrected chi connectivity index (χ1v) is 6.07. The third kappa shape index (κ3) is 2.48. The molecule has 2 rings (SSSR count). The van der Waals surface area contributed by atoms with Crippen molar-refractivity contribution < 1.29 is 4.79 Å². The fourth-order valence-corrected chi connectivity index (χ4v) is 2.20. The highest BCUT2D eigenvalue weighted by Gasteiger charge is 2.18. The van der Waals surface area contributed by atoms with Gasteiger partial charge < -0.3 is 4.90 Å². The lowest BCUT2D eigenvalue weighted by Gasteiger charge is -2.15. The lowest BCUT2D eigenvalue weighted by atomic mass is 10.3. The van der Waals surface area contributed by atoms with Crippen molar-refractivity contribution in [2.45, 2.75) is 6.54 Å². The summed E-state index contributed by atoms with van der Waals surface area (Å²) >= 11 is 7.35. The van der Waals surface area contributed by atoms with Gasteiger partial charge in [0.15, 0.2) is 0 Å². The van der Waals surface area contributed by atoms with Gasteiger partial charge in [-0.05, 0) is 17.6 Å². The summed E-state index contributed by atoms with van der Waals surface area (Å²) in [5, 5.41) is 4.30. The standard InChI is InChI=1S/C10H11ClN4OS/c1-14(6-7-3-4-13-17-7)10(16)8-5-12-15(2)9(8)11/h3-5H,6H2,1-2H3. The molecule has 5 nitrogen and oxygen atoms in total. The minimum Gasteiger partial charge on any atom is -0.336 e. The average molecular weight is 271 g/mol. The second-order valence-corrected chi connectivity index (χ2v) is 4.89. The lowest BCUT2D eigenvalue weighted by molar-refractivity contribution is 0.0786. The van der Waals surface area contributed by atoms with E-state index in [0.29, 0.717) is 17.3 Å². The molecule has 0 saturated heterocycles. The number of carbonyl (C=O) groups excluding carboxylic acids is 1. The molecule has 7 heteroatoms. The molecule has 2 heterocycles. The van der Waals surface area contributed by atoms with Crippen molar-refractivity contribution in [2.75, 3.05) is 7.05 Å². The summed E-state index contributed by atoms with van der Waals surface area (Å²) in [6.45, 7) is 0.523. The van der Waals surface area contributed by atoms with Crippen molar-refractivity contribution in [1.82, 2.24) is 19.1 Å². The maximum Gasteiger partial charge on any atom is 0.258 e. The van der Waals surface area contributed by atoms with Gasteiger partial charge in [0.05, 0.1) is 18.3 Å². The number of carbonyl (C=O) groups is 1. The molecule has 0 atom stereocenters. The van der Waals surface area contributed by atoms with Crippen LogP contribution in [0.4, 0.5) is 0 Å². The molecule has 0 radical (unpaired) electrons. The van der Waals surface area contributed by atoms with E-state index >= 15 is 0 Å². The molecule has 0 aliphatic rings. The number of halogens is 1. The Hall–Kier alpha value is -1.40. The predicted octanol–water partition coefficient (Wildman–Crippen LogP) is 1.80. The van der Waals surface area contributed by atoms with Crippen molar-refractivity contribution >= 4 is 29.0 Å². The smallest absolute Gasteiger partial charge is 0.258 e. The van der Waals surface area contributed by atoms with E-state index < -0.39 is 0 Å². The summed E-state index contributed by atoms with van der Waals surface area (Å²) in [5.74, 6) is -0.142. The van der Waals surface area contributed by atoms with Gasteiger partial charge in [-0.1, -0.05) is 11.6 Å². The van der Waals surface area contributed by atoms with Crippen LogP contribution in [0, 0.1) is 0 Å². The first kappa shape index (κ1) is 12.1. The molecule has 0 fully saturated rings. The van der Waals surface area contributed by atoms with Crippen LogP contribution >= 0.6 is 23.1 Å². The SMILES string of the molecule is CN(Cc1ccns1)C(=O)c1cnn(C)c1Cl. The minimum atomic E-state index is -0.142. The van der Waals surface area contributed by atoms with Crippen LogP contribution in [0.5, 0.6) is 0 Å². The number of nitrogens with zero attached hydrogens (tertiary/aromatic N) is 4. The van der Waals surface area contributed by atoms with E-state index in [1.165, 1.54) is 22.4 Å². The lowest BCUT2D eigenvalue weighted by Crippen LogP contribution is -2.25. The minimum absolute atomic E-state index is 0.142. The Morgan fingerprint density at radius 2 is 2.41 bits per heavy atom. The third-order valence-electron chi connectivity index (χ3n) is 2.33. The van der Waals surface area contributed by atoms with Crippen LogP contribution in [0.1, 0.15) is 15.2 Å². The second-order valence-electron chi connectivity index (χ2n) is 3.61. The van der Waals surface area contributed by atoms with Crippen molar-refractivity contribution in [3.8, 4) is 0 Å². The Morgan fingerprint density at radius 1 is 1.65 bits per heavy atom. The van der Waals surface area contributed by atoms with Crippen LogP contribution in [0.3, 0.4) is 0 Å². The molecule has 0 unspecified atom stereocenters. The number of aryl methyl sites for hydroxylation is 1. The summed E-state index contributed by atoms with van der Waals surface area (Å²) in [6, 6.07) is 1.89. The van der Waals surface area contributed by atoms with Gasteiger partial charge in [0.25, 0.3) is 5.91 Å². The zero-order valence-electron chi connectivity index (χ0n) is 9.42. The van der Waals surface area contributed by atoms with Crippen LogP contribution in [-0.2, 0) is 13.6 Å². The molecule has 0 bridgehead atoms. The molecule has 2 aromatic rings. The van der Waals surface area contributed by atoms with Crippen LogP contribution < -0.4 is 0 Å². The highest BCUT2D eigenvalue weighted by Crippen LogP contribution is 2.17. The zero-order chi connectivity index (χ0) is 12.4. The molecule has 2 aromatic heterocycles. The van der Waals surface area contributed by atoms with E-state index in [2.05, 4.69) is 9.47 Å². The number of aromatic nitrogens is 3. The van der Waals surface area contributed by atoms with Crippen molar-refractivity contribution in [1.29, 1.82) is 0 Å². The molecule has 0 aliphatic carbocycles. The predicted molar refractivity (Wildman–Crippen MR) is 66.1 cm³/mol. The Kier molecular flexibility index (Phi) is 3.44. The molecule has 1 amide bonds. The van der Waals surface area contributed by atoms with E-state index in [0.717, 1.165) is 4.88 Å². The fourth-order valence-electron chi connectivity index (χ4n) is 1.40. The van der Waals surface area contributed by atoms with Gasteiger partial charge in [0.2, 0.25) is 0 Å². The van der Waals surface area contributed by atoms with Gasteiger partial charge in [-0.25, -0.2) is 4.37 Å². The largest absolute Gasteiger partial charge is 0.336 e. The Balaban J connectivity index is 2.12. The summed E-state index contributed by atoms with van der Waals surface area (Å²) in [4.78, 5) is 14.7. The highest BCUT2D eigenvalue weighted by atomic mass is 35.5. The summed E-state index contributed by atoms with van der Waals surface area (Å²) in [6.07, 6.45) is 3.20. The van der Waals surface area contributed by atoms with Crippen LogP contribution in [0.25, 0.3) is 0 Å². The number of hydrogen-bond acceptors (Lipinski definition) is 4. The zero-order valence-corrected chi connectivity index (χ0v) is 11.0. The highest BCUT2D eigenvalue weighted by molar-refractivity contribution is 7.05. The fraction of sp³-hybridized carbons (Fsp3) is 0.300. The van der Waals surface area contributed by atoms with E-state index in [4.69, 9.17) is 11.6 Å². The molecule has 0 aliphatic heterocycles. The van der Waals surface area contributed by atoms with Crippen molar-refractivity contribution in [3.63, 3.8) is 0 Å². The number of rotatable bonds is 3. The molecule has 90 valence electrons. The molecule has 0 N–H and O–H groups in total. The topological polar surface area (TPSA) is 51.0 Å². The second kappa shape index (κ2) is 4.85. The molecule has 0 spiro atoms. The summed E-state index contributed by atoms with van der Waals surface area (Å²) < 4.78 is 5.46. The van der Waals surface area contributed by atoms with E-state index in [1.807, 2.05) is 6.07 Å². The first-order chi connectivity index (χ1) is 8.09. The van der Waals surface area contributed by atoms with Crippen LogP contribution in [0.15, 0.2) is 18.5 Å². The average Bonchev–Trinajstić information content (AvgIpc) is 2.90. The van der Waals surface area contributed by atoms with Gasteiger partial charge in [-0.3, -0.25) is 9.48 Å². The van der Waals surface area contributed by atoms with E-state index in [-0.39, 0.29) is 5.91 Å². The summed E-state index contributed by atoms with van der Waals surface area (Å²) in [7, 11) is 3.42. The van der Waals surface area contributed by atoms with Gasteiger partial charge >= 0.3 is 0 Å². The van der Waals surface area contributed by atoms with Crippen molar-refractivity contribution in [3.05, 3.63) is 34.1 Å². The normalized spacial score (nSPS) is 10.5. The van der Waals surface area contributed by atoms with Crippen LogP contribution in [-0.4, -0.2) is 32.0 Å². The molecule has 17 heavy (non-hydrogen) atoms. The molecule has 0 aromatic carbocycles. The van der Waals surface area contributed by atoms with E-state index in [9.17, 15) is 4.79 Å². The molecular formula is C10H11ClN4OS. The molecular weight excluding hydrogens is 260 g/mol.